The average Bonchev–Trinajstić information content (AvgIpc) is 2.68. The van der Waals surface area contributed by atoms with Crippen molar-refractivity contribution in [3.8, 4) is 0 Å². The van der Waals surface area contributed by atoms with Gasteiger partial charge in [-0.2, -0.15) is 0 Å². The molecule has 0 unspecified atom stereocenters. The predicted octanol–water partition coefficient (Wildman–Crippen LogP) is 6.70. The summed E-state index contributed by atoms with van der Waals surface area (Å²) < 4.78 is 0. The van der Waals surface area contributed by atoms with Gasteiger partial charge >= 0.3 is 0 Å². The molecule has 1 aliphatic rings. The van der Waals surface area contributed by atoms with E-state index in [0.717, 1.165) is 22.2 Å². The van der Waals surface area contributed by atoms with Crippen LogP contribution in [0.3, 0.4) is 0 Å². The standard InChI is InChI=1S/C22H20Cl2N2/c23-17-7-11-22-20(14-17)21(24)15-18(25-22)8-4-16-5-9-19(10-6-16)26-12-2-1-3-13-26/h4-11,14-15H,1-3,12-13H2/b8-4+. The first-order valence-corrected chi connectivity index (χ1v) is 9.73. The van der Waals surface area contributed by atoms with Crippen LogP contribution in [0.25, 0.3) is 23.1 Å². The minimum Gasteiger partial charge on any atom is -0.372 e. The van der Waals surface area contributed by atoms with Crippen molar-refractivity contribution in [1.82, 2.24) is 4.98 Å². The van der Waals surface area contributed by atoms with E-state index < -0.39 is 0 Å². The van der Waals surface area contributed by atoms with Crippen LogP contribution >= 0.6 is 23.2 Å². The van der Waals surface area contributed by atoms with Gasteiger partial charge in [0.05, 0.1) is 16.2 Å². The molecule has 0 bridgehead atoms. The van der Waals surface area contributed by atoms with Gasteiger partial charge in [0.25, 0.3) is 0 Å². The molecule has 4 rings (SSSR count). The van der Waals surface area contributed by atoms with Gasteiger partial charge < -0.3 is 4.90 Å². The van der Waals surface area contributed by atoms with Crippen LogP contribution in [0.4, 0.5) is 5.69 Å². The number of hydrogen-bond donors (Lipinski definition) is 0. The molecule has 2 aromatic carbocycles. The van der Waals surface area contributed by atoms with Crippen molar-refractivity contribution in [2.45, 2.75) is 19.3 Å². The van der Waals surface area contributed by atoms with Crippen molar-refractivity contribution < 1.29 is 0 Å². The smallest absolute Gasteiger partial charge is 0.0725 e. The molecule has 26 heavy (non-hydrogen) atoms. The van der Waals surface area contributed by atoms with Gasteiger partial charge in [0.1, 0.15) is 0 Å². The van der Waals surface area contributed by atoms with Gasteiger partial charge in [-0.1, -0.05) is 41.4 Å². The van der Waals surface area contributed by atoms with Crippen molar-refractivity contribution in [2.75, 3.05) is 18.0 Å². The quantitative estimate of drug-likeness (QED) is 0.500. The van der Waals surface area contributed by atoms with Crippen molar-refractivity contribution in [3.63, 3.8) is 0 Å². The molecule has 4 heteroatoms. The number of fused-ring (bicyclic) bond motifs is 1. The van der Waals surface area contributed by atoms with Crippen LogP contribution < -0.4 is 4.90 Å². The molecule has 1 aliphatic heterocycles. The lowest BCUT2D eigenvalue weighted by Crippen LogP contribution is -2.29. The molecule has 1 fully saturated rings. The van der Waals surface area contributed by atoms with Crippen molar-refractivity contribution in [2.24, 2.45) is 0 Å². The van der Waals surface area contributed by atoms with Crippen molar-refractivity contribution in [3.05, 3.63) is 69.8 Å². The highest BCUT2D eigenvalue weighted by Gasteiger charge is 2.10. The summed E-state index contributed by atoms with van der Waals surface area (Å²) in [4.78, 5) is 7.11. The van der Waals surface area contributed by atoms with E-state index >= 15 is 0 Å². The number of benzene rings is 2. The van der Waals surface area contributed by atoms with Crippen molar-refractivity contribution in [1.29, 1.82) is 0 Å². The Morgan fingerprint density at radius 1 is 0.846 bits per heavy atom. The maximum absolute atomic E-state index is 6.38. The Bertz CT molecular complexity index is 942. The van der Waals surface area contributed by atoms with E-state index in [9.17, 15) is 0 Å². The highest BCUT2D eigenvalue weighted by atomic mass is 35.5. The molecule has 132 valence electrons. The minimum absolute atomic E-state index is 0.664. The lowest BCUT2D eigenvalue weighted by atomic mass is 10.1. The van der Waals surface area contributed by atoms with Gasteiger partial charge in [-0.3, -0.25) is 0 Å². The molecular weight excluding hydrogens is 363 g/mol. The van der Waals surface area contributed by atoms with Gasteiger partial charge in [0.2, 0.25) is 0 Å². The van der Waals surface area contributed by atoms with E-state index in [2.05, 4.69) is 40.2 Å². The average molecular weight is 383 g/mol. The summed E-state index contributed by atoms with van der Waals surface area (Å²) in [7, 11) is 0. The van der Waals surface area contributed by atoms with E-state index in [-0.39, 0.29) is 0 Å². The van der Waals surface area contributed by atoms with E-state index in [4.69, 9.17) is 23.2 Å². The molecule has 0 aliphatic carbocycles. The molecule has 3 aromatic rings. The number of aromatic nitrogens is 1. The van der Waals surface area contributed by atoms with Gasteiger partial charge in [-0.25, -0.2) is 4.98 Å². The molecule has 0 spiro atoms. The molecule has 0 amide bonds. The summed E-state index contributed by atoms with van der Waals surface area (Å²) in [6.45, 7) is 2.33. The van der Waals surface area contributed by atoms with Gasteiger partial charge in [-0.15, -0.1) is 0 Å². The fourth-order valence-corrected chi connectivity index (χ4v) is 3.83. The normalized spacial score (nSPS) is 15.1. The van der Waals surface area contributed by atoms with Gasteiger partial charge in [0, 0.05) is 29.2 Å². The SMILES string of the molecule is Clc1ccc2nc(/C=C/c3ccc(N4CCCCC4)cc3)cc(Cl)c2c1. The fourth-order valence-electron chi connectivity index (χ4n) is 3.39. The Morgan fingerprint density at radius 3 is 2.38 bits per heavy atom. The Morgan fingerprint density at radius 2 is 1.62 bits per heavy atom. The maximum atomic E-state index is 6.38. The summed E-state index contributed by atoms with van der Waals surface area (Å²) >= 11 is 12.4. The Balaban J connectivity index is 1.54. The van der Waals surface area contributed by atoms with Crippen LogP contribution in [-0.4, -0.2) is 18.1 Å². The monoisotopic (exact) mass is 382 g/mol. The molecule has 2 nitrogen and oxygen atoms in total. The number of anilines is 1. The Kier molecular flexibility index (Phi) is 5.14. The lowest BCUT2D eigenvalue weighted by Gasteiger charge is -2.28. The first-order chi connectivity index (χ1) is 12.7. The number of pyridine rings is 1. The van der Waals surface area contributed by atoms with Crippen LogP contribution in [0, 0.1) is 0 Å². The lowest BCUT2D eigenvalue weighted by molar-refractivity contribution is 0.578. The third-order valence-electron chi connectivity index (χ3n) is 4.80. The second-order valence-corrected chi connectivity index (χ2v) is 7.51. The van der Waals surface area contributed by atoms with Gasteiger partial charge in [0.15, 0.2) is 0 Å². The third kappa shape index (κ3) is 3.87. The van der Waals surface area contributed by atoms with Crippen molar-refractivity contribution >= 4 is 51.9 Å². The zero-order valence-corrected chi connectivity index (χ0v) is 16.0. The van der Waals surface area contributed by atoms with Gasteiger partial charge in [-0.05, 0) is 67.3 Å². The zero-order chi connectivity index (χ0) is 17.9. The number of halogens is 2. The number of nitrogens with zero attached hydrogens (tertiary/aromatic N) is 2. The Hall–Kier alpha value is -2.03. The van der Waals surface area contributed by atoms with E-state index in [1.165, 1.54) is 38.0 Å². The summed E-state index contributed by atoms with van der Waals surface area (Å²) in [5, 5.41) is 2.21. The van der Waals surface area contributed by atoms with E-state index in [1.807, 2.05) is 30.3 Å². The summed E-state index contributed by atoms with van der Waals surface area (Å²) in [6, 6.07) is 16.2. The molecule has 1 aromatic heterocycles. The first kappa shape index (κ1) is 17.4. The highest BCUT2D eigenvalue weighted by molar-refractivity contribution is 6.36. The van der Waals surface area contributed by atoms with E-state index in [1.54, 1.807) is 0 Å². The van der Waals surface area contributed by atoms with Crippen LogP contribution in [0.2, 0.25) is 10.0 Å². The molecular formula is C22H20Cl2N2. The first-order valence-electron chi connectivity index (χ1n) is 8.98. The summed E-state index contributed by atoms with van der Waals surface area (Å²) in [6.07, 6.45) is 8.00. The summed E-state index contributed by atoms with van der Waals surface area (Å²) in [5.41, 5.74) is 4.15. The van der Waals surface area contributed by atoms with Crippen LogP contribution in [-0.2, 0) is 0 Å². The van der Waals surface area contributed by atoms with Crippen LogP contribution in [0.15, 0.2) is 48.5 Å². The molecule has 0 N–H and O–H groups in total. The fraction of sp³-hybridized carbons (Fsp3) is 0.227. The number of piperidine rings is 1. The van der Waals surface area contributed by atoms with E-state index in [0.29, 0.717) is 10.0 Å². The summed E-state index contributed by atoms with van der Waals surface area (Å²) in [5.74, 6) is 0. The largest absolute Gasteiger partial charge is 0.372 e. The number of rotatable bonds is 3. The molecule has 0 saturated carbocycles. The van der Waals surface area contributed by atoms with Crippen LogP contribution in [0.5, 0.6) is 0 Å². The predicted molar refractivity (Wildman–Crippen MR) is 113 cm³/mol. The molecule has 1 saturated heterocycles. The Labute approximate surface area is 164 Å². The second-order valence-electron chi connectivity index (χ2n) is 6.66. The molecule has 0 atom stereocenters. The second kappa shape index (κ2) is 7.69. The molecule has 0 radical (unpaired) electrons. The highest BCUT2D eigenvalue weighted by Crippen LogP contribution is 2.27. The maximum Gasteiger partial charge on any atom is 0.0725 e. The topological polar surface area (TPSA) is 16.1 Å². The zero-order valence-electron chi connectivity index (χ0n) is 14.5. The number of hydrogen-bond acceptors (Lipinski definition) is 2. The third-order valence-corrected chi connectivity index (χ3v) is 5.35. The minimum atomic E-state index is 0.664. The van der Waals surface area contributed by atoms with Crippen LogP contribution in [0.1, 0.15) is 30.5 Å². The molecule has 2 heterocycles.